The van der Waals surface area contributed by atoms with Crippen molar-refractivity contribution in [3.05, 3.63) is 54.6 Å². The number of hydrogen-bond acceptors (Lipinski definition) is 2. The summed E-state index contributed by atoms with van der Waals surface area (Å²) in [4.78, 5) is 5.05. The van der Waals surface area contributed by atoms with Crippen molar-refractivity contribution in [3.63, 3.8) is 0 Å². The van der Waals surface area contributed by atoms with Gasteiger partial charge in [-0.25, -0.2) is 4.21 Å². The molecule has 0 fully saturated rings. The number of benzene rings is 2. The van der Waals surface area contributed by atoms with E-state index in [1.807, 2.05) is 60.9 Å². The summed E-state index contributed by atoms with van der Waals surface area (Å²) >= 11 is 1.60. The average Bonchev–Trinajstić information content (AvgIpc) is 2.86. The van der Waals surface area contributed by atoms with Crippen molar-refractivity contribution in [1.82, 2.24) is 4.98 Å². The average molecular weight is 287 g/mol. The van der Waals surface area contributed by atoms with Crippen molar-refractivity contribution in [2.75, 3.05) is 6.26 Å². The second-order valence-corrected chi connectivity index (χ2v) is 6.35. The van der Waals surface area contributed by atoms with Crippen LogP contribution in [0.3, 0.4) is 0 Å². The maximum Gasteiger partial charge on any atom is 0.0898 e. The number of aromatic nitrogens is 1. The Bertz CT molecular complexity index is 734. The molecule has 0 aliphatic rings. The zero-order valence-corrected chi connectivity index (χ0v) is 12.1. The van der Waals surface area contributed by atoms with Gasteiger partial charge in [-0.3, -0.25) is 0 Å². The van der Waals surface area contributed by atoms with Crippen molar-refractivity contribution in [2.24, 2.45) is 0 Å². The molecule has 0 saturated carbocycles. The van der Waals surface area contributed by atoms with Gasteiger partial charge in [-0.05, 0) is 24.5 Å². The van der Waals surface area contributed by atoms with Gasteiger partial charge in [0.25, 0.3) is 0 Å². The van der Waals surface area contributed by atoms with E-state index in [1.165, 1.54) is 0 Å². The topological polar surface area (TPSA) is 32.9 Å². The SMILES string of the molecule is CSc1[nH]c2ccccc2c1S(=O)c1ccccc1. The molecule has 0 radical (unpaired) electrons. The summed E-state index contributed by atoms with van der Waals surface area (Å²) in [5.41, 5.74) is 1.03. The van der Waals surface area contributed by atoms with E-state index in [2.05, 4.69) is 4.98 Å². The molecular weight excluding hydrogens is 274 g/mol. The molecule has 0 aliphatic heterocycles. The Morgan fingerprint density at radius 2 is 1.68 bits per heavy atom. The van der Waals surface area contributed by atoms with Crippen LogP contribution < -0.4 is 0 Å². The second-order valence-electron chi connectivity index (χ2n) is 4.11. The first-order valence-electron chi connectivity index (χ1n) is 5.93. The number of rotatable bonds is 3. The first-order chi connectivity index (χ1) is 9.31. The highest BCUT2D eigenvalue weighted by Crippen LogP contribution is 2.33. The molecule has 3 rings (SSSR count). The fourth-order valence-corrected chi connectivity index (χ4v) is 4.30. The van der Waals surface area contributed by atoms with Crippen LogP contribution in [-0.2, 0) is 10.8 Å². The Labute approximate surface area is 118 Å². The summed E-state index contributed by atoms with van der Waals surface area (Å²) in [6, 6.07) is 17.6. The smallest absolute Gasteiger partial charge is 0.0898 e. The normalized spacial score (nSPS) is 12.7. The lowest BCUT2D eigenvalue weighted by Crippen LogP contribution is -1.93. The third-order valence-corrected chi connectivity index (χ3v) is 5.31. The van der Waals surface area contributed by atoms with Crippen LogP contribution in [-0.4, -0.2) is 15.4 Å². The van der Waals surface area contributed by atoms with Gasteiger partial charge in [0.1, 0.15) is 0 Å². The standard InChI is InChI=1S/C15H13NOS2/c1-18-15-14(12-9-5-6-10-13(12)16-15)19(17)11-7-3-2-4-8-11/h2-10,16H,1H3. The highest BCUT2D eigenvalue weighted by molar-refractivity contribution is 7.99. The van der Waals surface area contributed by atoms with E-state index in [-0.39, 0.29) is 0 Å². The Balaban J connectivity index is 2.21. The molecular formula is C15H13NOS2. The summed E-state index contributed by atoms with van der Waals surface area (Å²) < 4.78 is 12.8. The Kier molecular flexibility index (Phi) is 3.44. The van der Waals surface area contributed by atoms with Crippen LogP contribution in [0.4, 0.5) is 0 Å². The Hall–Kier alpha value is -1.52. The lowest BCUT2D eigenvalue weighted by Gasteiger charge is -2.03. The third-order valence-electron chi connectivity index (χ3n) is 2.97. The molecule has 2 aromatic carbocycles. The number of H-pyrrole nitrogens is 1. The highest BCUT2D eigenvalue weighted by atomic mass is 32.2. The van der Waals surface area contributed by atoms with E-state index in [0.29, 0.717) is 0 Å². The molecule has 2 nitrogen and oxygen atoms in total. The van der Waals surface area contributed by atoms with Crippen molar-refractivity contribution < 1.29 is 4.21 Å². The molecule has 0 spiro atoms. The van der Waals surface area contributed by atoms with Crippen LogP contribution in [0.15, 0.2) is 69.4 Å². The van der Waals surface area contributed by atoms with Gasteiger partial charge < -0.3 is 4.98 Å². The van der Waals surface area contributed by atoms with Crippen molar-refractivity contribution in [3.8, 4) is 0 Å². The lowest BCUT2D eigenvalue weighted by molar-refractivity contribution is 0.682. The van der Waals surface area contributed by atoms with Crippen LogP contribution in [0.5, 0.6) is 0 Å². The van der Waals surface area contributed by atoms with E-state index >= 15 is 0 Å². The molecule has 0 aliphatic carbocycles. The number of fused-ring (bicyclic) bond motifs is 1. The van der Waals surface area contributed by atoms with Gasteiger partial charge in [-0.2, -0.15) is 0 Å². The number of thioether (sulfide) groups is 1. The fourth-order valence-electron chi connectivity index (χ4n) is 2.08. The molecule has 0 saturated heterocycles. The van der Waals surface area contributed by atoms with Gasteiger partial charge in [0, 0.05) is 15.8 Å². The number of para-hydroxylation sites is 1. The molecule has 1 atom stereocenters. The van der Waals surface area contributed by atoms with E-state index < -0.39 is 10.8 Å². The fraction of sp³-hybridized carbons (Fsp3) is 0.0667. The Morgan fingerprint density at radius 1 is 1.00 bits per heavy atom. The largest absolute Gasteiger partial charge is 0.349 e. The summed E-state index contributed by atoms with van der Waals surface area (Å²) in [5, 5.41) is 2.01. The first-order valence-corrected chi connectivity index (χ1v) is 8.30. The third kappa shape index (κ3) is 2.22. The predicted molar refractivity (Wildman–Crippen MR) is 81.2 cm³/mol. The molecule has 1 N–H and O–H groups in total. The van der Waals surface area contributed by atoms with Crippen LogP contribution >= 0.6 is 11.8 Å². The van der Waals surface area contributed by atoms with E-state index in [0.717, 1.165) is 25.7 Å². The maximum absolute atomic E-state index is 12.8. The van der Waals surface area contributed by atoms with E-state index in [4.69, 9.17) is 0 Å². The van der Waals surface area contributed by atoms with Gasteiger partial charge >= 0.3 is 0 Å². The lowest BCUT2D eigenvalue weighted by atomic mass is 10.2. The van der Waals surface area contributed by atoms with Crippen LogP contribution in [0.2, 0.25) is 0 Å². The minimum atomic E-state index is -1.15. The zero-order valence-electron chi connectivity index (χ0n) is 10.4. The summed E-state index contributed by atoms with van der Waals surface area (Å²) in [7, 11) is -1.15. The summed E-state index contributed by atoms with van der Waals surface area (Å²) in [6.45, 7) is 0. The van der Waals surface area contributed by atoms with Crippen LogP contribution in [0.25, 0.3) is 10.9 Å². The van der Waals surface area contributed by atoms with Crippen molar-refractivity contribution >= 4 is 33.5 Å². The van der Waals surface area contributed by atoms with E-state index in [9.17, 15) is 4.21 Å². The van der Waals surface area contributed by atoms with Crippen LogP contribution in [0, 0.1) is 0 Å². The molecule has 4 heteroatoms. The molecule has 0 bridgehead atoms. The van der Waals surface area contributed by atoms with Crippen LogP contribution in [0.1, 0.15) is 0 Å². The van der Waals surface area contributed by atoms with Gasteiger partial charge in [0.2, 0.25) is 0 Å². The van der Waals surface area contributed by atoms with Gasteiger partial charge in [-0.15, -0.1) is 11.8 Å². The molecule has 3 aromatic rings. The minimum absolute atomic E-state index is 0.836. The minimum Gasteiger partial charge on any atom is -0.349 e. The van der Waals surface area contributed by atoms with Gasteiger partial charge in [0.05, 0.1) is 20.7 Å². The molecule has 96 valence electrons. The van der Waals surface area contributed by atoms with Gasteiger partial charge in [0.15, 0.2) is 0 Å². The monoisotopic (exact) mass is 287 g/mol. The quantitative estimate of drug-likeness (QED) is 0.737. The second kappa shape index (κ2) is 5.23. The summed E-state index contributed by atoms with van der Waals surface area (Å²) in [5.74, 6) is 0. The summed E-state index contributed by atoms with van der Waals surface area (Å²) in [6.07, 6.45) is 2.00. The zero-order chi connectivity index (χ0) is 13.2. The van der Waals surface area contributed by atoms with Gasteiger partial charge in [-0.1, -0.05) is 36.4 Å². The molecule has 1 aromatic heterocycles. The first kappa shape index (κ1) is 12.5. The molecule has 1 heterocycles. The number of hydrogen-bond donors (Lipinski definition) is 1. The molecule has 1 unspecified atom stereocenters. The Morgan fingerprint density at radius 3 is 2.42 bits per heavy atom. The van der Waals surface area contributed by atoms with Crippen molar-refractivity contribution in [1.29, 1.82) is 0 Å². The predicted octanol–water partition coefficient (Wildman–Crippen LogP) is 4.06. The highest BCUT2D eigenvalue weighted by Gasteiger charge is 2.17. The number of aromatic amines is 1. The maximum atomic E-state index is 12.8. The molecule has 19 heavy (non-hydrogen) atoms. The number of nitrogens with one attached hydrogen (secondary N) is 1. The van der Waals surface area contributed by atoms with E-state index in [1.54, 1.807) is 11.8 Å². The molecule has 0 amide bonds. The van der Waals surface area contributed by atoms with Crippen molar-refractivity contribution in [2.45, 2.75) is 14.8 Å².